The molecule has 0 spiro atoms. The van der Waals surface area contributed by atoms with Gasteiger partial charge in [-0.1, -0.05) is 62.4 Å². The van der Waals surface area contributed by atoms with Crippen LogP contribution in [-0.2, 0) is 0 Å². The van der Waals surface area contributed by atoms with E-state index in [2.05, 4.69) is 81.6 Å². The quantitative estimate of drug-likeness (QED) is 0.498. The Labute approximate surface area is 181 Å². The van der Waals surface area contributed by atoms with E-state index < -0.39 is 0 Å². The first kappa shape index (κ1) is 19.6. The van der Waals surface area contributed by atoms with Gasteiger partial charge in [-0.05, 0) is 73.6 Å². The van der Waals surface area contributed by atoms with Gasteiger partial charge in [0.05, 0.1) is 5.54 Å². The number of nitrogens with zero attached hydrogens (tertiary/aromatic N) is 1. The Morgan fingerprint density at radius 2 is 1.93 bits per heavy atom. The summed E-state index contributed by atoms with van der Waals surface area (Å²) in [6.45, 7) is 7.01. The van der Waals surface area contributed by atoms with Crippen LogP contribution in [0, 0.1) is 11.8 Å². The maximum Gasteiger partial charge on any atom is 0.129 e. The average Bonchev–Trinajstić information content (AvgIpc) is 3.11. The van der Waals surface area contributed by atoms with Crippen molar-refractivity contribution >= 4 is 6.21 Å². The molecule has 2 heteroatoms. The van der Waals surface area contributed by atoms with Gasteiger partial charge in [0, 0.05) is 17.7 Å². The summed E-state index contributed by atoms with van der Waals surface area (Å²) in [5, 5.41) is 0. The number of ether oxygens (including phenoxy) is 1. The van der Waals surface area contributed by atoms with Crippen LogP contribution in [0.2, 0.25) is 0 Å². The molecule has 0 saturated carbocycles. The van der Waals surface area contributed by atoms with E-state index in [1.165, 1.54) is 35.1 Å². The summed E-state index contributed by atoms with van der Waals surface area (Å²) in [6.07, 6.45) is 10.6. The molecular weight excluding hydrogens is 366 g/mol. The summed E-state index contributed by atoms with van der Waals surface area (Å²) >= 11 is 0. The minimum Gasteiger partial charge on any atom is -0.485 e. The maximum absolute atomic E-state index is 6.68. The molecule has 1 aliphatic carbocycles. The predicted molar refractivity (Wildman–Crippen MR) is 125 cm³/mol. The average molecular weight is 400 g/mol. The highest BCUT2D eigenvalue weighted by atomic mass is 16.5. The van der Waals surface area contributed by atoms with Gasteiger partial charge < -0.3 is 4.74 Å². The third-order valence-electron chi connectivity index (χ3n) is 7.22. The highest BCUT2D eigenvalue weighted by Gasteiger charge is 2.46. The fourth-order valence-corrected chi connectivity index (χ4v) is 5.92. The largest absolute Gasteiger partial charge is 0.485 e. The monoisotopic (exact) mass is 399 g/mol. The summed E-state index contributed by atoms with van der Waals surface area (Å²) in [5.41, 5.74) is 5.16. The molecule has 4 atom stereocenters. The van der Waals surface area contributed by atoms with Crippen molar-refractivity contribution in [2.45, 2.75) is 70.4 Å². The number of hydrogen-bond acceptors (Lipinski definition) is 2. The topological polar surface area (TPSA) is 21.6 Å². The Hall–Kier alpha value is -2.35. The minimum atomic E-state index is -0.120. The highest BCUT2D eigenvalue weighted by molar-refractivity contribution is 5.67. The molecule has 2 heterocycles. The van der Waals surface area contributed by atoms with Crippen LogP contribution in [0.25, 0.3) is 11.1 Å². The Balaban J connectivity index is 1.43. The summed E-state index contributed by atoms with van der Waals surface area (Å²) in [5.74, 6) is 2.99. The van der Waals surface area contributed by atoms with E-state index in [9.17, 15) is 0 Å². The highest BCUT2D eigenvalue weighted by Crippen LogP contribution is 2.51. The van der Waals surface area contributed by atoms with Crippen molar-refractivity contribution < 1.29 is 4.74 Å². The van der Waals surface area contributed by atoms with Gasteiger partial charge >= 0.3 is 0 Å². The molecule has 2 aromatic carbocycles. The van der Waals surface area contributed by atoms with Crippen LogP contribution in [0.4, 0.5) is 0 Å². The van der Waals surface area contributed by atoms with Crippen molar-refractivity contribution in [3.63, 3.8) is 0 Å². The molecule has 2 aliphatic heterocycles. The van der Waals surface area contributed by atoms with Crippen molar-refractivity contribution in [3.8, 4) is 16.9 Å². The number of benzene rings is 2. The lowest BCUT2D eigenvalue weighted by molar-refractivity contribution is 0.196. The third-order valence-corrected chi connectivity index (χ3v) is 7.22. The molecule has 4 unspecified atom stereocenters. The van der Waals surface area contributed by atoms with Gasteiger partial charge in [-0.2, -0.15) is 0 Å². The van der Waals surface area contributed by atoms with Gasteiger partial charge in [-0.3, -0.25) is 4.99 Å². The van der Waals surface area contributed by atoms with Crippen molar-refractivity contribution in [1.29, 1.82) is 0 Å². The Kier molecular flexibility index (Phi) is 5.05. The SMILES string of the molecule is CC(C)CC1CC=NC(C)(C2=CCCC3c4ccc(-c5ccccc5)cc4OC23)C1. The van der Waals surface area contributed by atoms with Crippen LogP contribution in [0.15, 0.2) is 65.2 Å². The van der Waals surface area contributed by atoms with Gasteiger partial charge in [0.2, 0.25) is 0 Å². The first-order chi connectivity index (χ1) is 14.5. The van der Waals surface area contributed by atoms with E-state index in [4.69, 9.17) is 9.73 Å². The number of hydrogen-bond donors (Lipinski definition) is 0. The predicted octanol–water partition coefficient (Wildman–Crippen LogP) is 7.20. The Morgan fingerprint density at radius 3 is 2.73 bits per heavy atom. The molecule has 0 N–H and O–H groups in total. The van der Waals surface area contributed by atoms with Crippen LogP contribution in [0.5, 0.6) is 5.75 Å². The van der Waals surface area contributed by atoms with E-state index >= 15 is 0 Å². The molecule has 0 saturated heterocycles. The molecule has 3 aliphatic rings. The molecule has 0 aromatic heterocycles. The first-order valence-electron chi connectivity index (χ1n) is 11.6. The molecule has 2 aromatic rings. The molecule has 0 fully saturated rings. The van der Waals surface area contributed by atoms with Crippen LogP contribution in [0.1, 0.15) is 64.4 Å². The normalized spacial score (nSPS) is 29.9. The molecule has 5 rings (SSSR count). The second-order valence-electron chi connectivity index (χ2n) is 10.0. The van der Waals surface area contributed by atoms with Crippen LogP contribution in [0.3, 0.4) is 0 Å². The second kappa shape index (κ2) is 7.72. The number of allylic oxidation sites excluding steroid dienone is 1. The first-order valence-corrected chi connectivity index (χ1v) is 11.6. The summed E-state index contributed by atoms with van der Waals surface area (Å²) in [4.78, 5) is 5.06. The van der Waals surface area contributed by atoms with Gasteiger partial charge in [0.25, 0.3) is 0 Å². The summed E-state index contributed by atoms with van der Waals surface area (Å²) in [7, 11) is 0. The van der Waals surface area contributed by atoms with Gasteiger partial charge in [0.1, 0.15) is 11.9 Å². The lowest BCUT2D eigenvalue weighted by Gasteiger charge is -2.40. The molecule has 30 heavy (non-hydrogen) atoms. The molecule has 156 valence electrons. The van der Waals surface area contributed by atoms with E-state index in [-0.39, 0.29) is 11.6 Å². The smallest absolute Gasteiger partial charge is 0.129 e. The lowest BCUT2D eigenvalue weighted by atomic mass is 9.70. The van der Waals surface area contributed by atoms with Crippen molar-refractivity contribution in [2.24, 2.45) is 16.8 Å². The zero-order valence-corrected chi connectivity index (χ0v) is 18.5. The van der Waals surface area contributed by atoms with E-state index in [1.807, 2.05) is 0 Å². The van der Waals surface area contributed by atoms with E-state index in [0.717, 1.165) is 36.8 Å². The molecule has 0 radical (unpaired) electrons. The number of aliphatic imine (C=N–C) groups is 1. The van der Waals surface area contributed by atoms with Gasteiger partial charge in [-0.25, -0.2) is 0 Å². The van der Waals surface area contributed by atoms with Gasteiger partial charge in [0.15, 0.2) is 0 Å². The van der Waals surface area contributed by atoms with Crippen LogP contribution < -0.4 is 4.74 Å². The maximum atomic E-state index is 6.68. The standard InChI is InChI=1S/C28H33NO/c1-19(2)16-20-14-15-29-28(3,18-20)25-11-7-10-24-23-13-12-22(17-26(23)30-27(24)25)21-8-5-4-6-9-21/h4-6,8-9,11-13,15,17,19-20,24,27H,7,10,14,16,18H2,1-3H3. The lowest BCUT2D eigenvalue weighted by Crippen LogP contribution is -2.41. The molecular formula is C28H33NO. The second-order valence-corrected chi connectivity index (χ2v) is 10.0. The van der Waals surface area contributed by atoms with E-state index in [0.29, 0.717) is 5.92 Å². The van der Waals surface area contributed by atoms with Crippen molar-refractivity contribution in [3.05, 3.63) is 65.7 Å². The van der Waals surface area contributed by atoms with Crippen LogP contribution in [-0.4, -0.2) is 17.9 Å². The molecule has 0 amide bonds. The van der Waals surface area contributed by atoms with Crippen LogP contribution >= 0.6 is 0 Å². The number of rotatable bonds is 4. The summed E-state index contributed by atoms with van der Waals surface area (Å²) in [6, 6.07) is 17.4. The zero-order valence-electron chi connectivity index (χ0n) is 18.5. The summed E-state index contributed by atoms with van der Waals surface area (Å²) < 4.78 is 6.68. The fraction of sp³-hybridized carbons (Fsp3) is 0.464. The Bertz CT molecular complexity index is 973. The van der Waals surface area contributed by atoms with Crippen molar-refractivity contribution in [2.75, 3.05) is 0 Å². The minimum absolute atomic E-state index is 0.120. The van der Waals surface area contributed by atoms with Gasteiger partial charge in [-0.15, -0.1) is 0 Å². The third kappa shape index (κ3) is 3.51. The van der Waals surface area contributed by atoms with E-state index in [1.54, 1.807) is 0 Å². The zero-order chi connectivity index (χ0) is 20.7. The molecule has 2 nitrogen and oxygen atoms in total. The molecule has 0 bridgehead atoms. The van der Waals surface area contributed by atoms with Crippen molar-refractivity contribution in [1.82, 2.24) is 0 Å². The fourth-order valence-electron chi connectivity index (χ4n) is 5.92. The Morgan fingerprint density at radius 1 is 1.10 bits per heavy atom. The number of fused-ring (bicyclic) bond motifs is 3.